The number of nitro benzene ring substituents is 1. The van der Waals surface area contributed by atoms with E-state index in [0.717, 1.165) is 10.8 Å². The van der Waals surface area contributed by atoms with Crippen molar-refractivity contribution in [3.05, 3.63) is 82.5 Å². The predicted octanol–water partition coefficient (Wildman–Crippen LogP) is 4.86. The maximum Gasteiger partial charge on any atom is 0.312 e. The second-order valence-corrected chi connectivity index (χ2v) is 5.80. The third-order valence-electron chi connectivity index (χ3n) is 4.03. The molecule has 0 fully saturated rings. The van der Waals surface area contributed by atoms with Crippen LogP contribution in [0.15, 0.2) is 76.1 Å². The summed E-state index contributed by atoms with van der Waals surface area (Å²) >= 11 is 0. The molecule has 7 heteroatoms. The Morgan fingerprint density at radius 1 is 1.04 bits per heavy atom. The van der Waals surface area contributed by atoms with Crippen LogP contribution in [0.4, 0.5) is 11.4 Å². The number of hydrogen-bond acceptors (Lipinski definition) is 6. The lowest BCUT2D eigenvalue weighted by atomic mass is 10.1. The molecule has 1 N–H and O–H groups in total. The van der Waals surface area contributed by atoms with Gasteiger partial charge in [-0.3, -0.25) is 15.1 Å². The molecular weight excluding hydrogens is 346 g/mol. The molecule has 4 aromatic rings. The third-order valence-corrected chi connectivity index (χ3v) is 4.03. The number of non-ortho nitro benzene ring substituents is 1. The minimum absolute atomic E-state index is 0.0346. The third kappa shape index (κ3) is 3.38. The number of hydrogen-bond donors (Lipinski definition) is 1. The fourth-order valence-electron chi connectivity index (χ4n) is 2.65. The number of aromatic nitrogens is 1. The van der Waals surface area contributed by atoms with Gasteiger partial charge in [-0.1, -0.05) is 30.3 Å². The molecule has 0 aliphatic carbocycles. The van der Waals surface area contributed by atoms with Gasteiger partial charge < -0.3 is 9.52 Å². The van der Waals surface area contributed by atoms with Crippen LogP contribution in [0.1, 0.15) is 5.69 Å². The summed E-state index contributed by atoms with van der Waals surface area (Å²) in [5, 5.41) is 22.8. The zero-order valence-corrected chi connectivity index (χ0v) is 13.9. The van der Waals surface area contributed by atoms with Crippen LogP contribution in [0.2, 0.25) is 0 Å². The van der Waals surface area contributed by atoms with Crippen molar-refractivity contribution in [1.82, 2.24) is 4.98 Å². The number of aromatic hydroxyl groups is 1. The van der Waals surface area contributed by atoms with Crippen molar-refractivity contribution in [2.24, 2.45) is 4.99 Å². The summed E-state index contributed by atoms with van der Waals surface area (Å²) in [6.45, 7) is 0. The summed E-state index contributed by atoms with van der Waals surface area (Å²) < 4.78 is 5.24. The van der Waals surface area contributed by atoms with Crippen molar-refractivity contribution in [3.8, 4) is 17.4 Å². The first-order valence-electron chi connectivity index (χ1n) is 8.08. The molecule has 0 saturated heterocycles. The fourth-order valence-corrected chi connectivity index (χ4v) is 2.65. The Kier molecular flexibility index (Phi) is 4.10. The number of fused-ring (bicyclic) bond motifs is 1. The SMILES string of the molecule is O=[N+]([O-])c1ccc(-c2nc(C=Nc3ccc4ccccc4c3)c(O)o2)cc1. The Labute approximate surface area is 153 Å². The van der Waals surface area contributed by atoms with Crippen LogP contribution in [0.3, 0.4) is 0 Å². The van der Waals surface area contributed by atoms with Crippen LogP contribution in [0.5, 0.6) is 5.95 Å². The van der Waals surface area contributed by atoms with Crippen molar-refractivity contribution in [2.45, 2.75) is 0 Å². The lowest BCUT2D eigenvalue weighted by Crippen LogP contribution is -1.87. The number of benzene rings is 3. The molecule has 1 aromatic heterocycles. The summed E-state index contributed by atoms with van der Waals surface area (Å²) in [6, 6.07) is 19.4. The topological polar surface area (TPSA) is 102 Å². The predicted molar refractivity (Wildman–Crippen MR) is 101 cm³/mol. The van der Waals surface area contributed by atoms with E-state index in [4.69, 9.17) is 4.42 Å². The van der Waals surface area contributed by atoms with Crippen LogP contribution in [-0.4, -0.2) is 21.2 Å². The maximum absolute atomic E-state index is 10.7. The quantitative estimate of drug-likeness (QED) is 0.318. The lowest BCUT2D eigenvalue weighted by molar-refractivity contribution is -0.384. The van der Waals surface area contributed by atoms with Gasteiger partial charge in [-0.25, -0.2) is 4.98 Å². The molecule has 0 radical (unpaired) electrons. The molecule has 0 saturated carbocycles. The molecule has 0 aliphatic rings. The Hall–Kier alpha value is -4.00. The molecule has 0 spiro atoms. The molecule has 7 nitrogen and oxygen atoms in total. The monoisotopic (exact) mass is 359 g/mol. The molecule has 132 valence electrons. The largest absolute Gasteiger partial charge is 0.479 e. The molecule has 0 unspecified atom stereocenters. The van der Waals surface area contributed by atoms with Crippen molar-refractivity contribution in [2.75, 3.05) is 0 Å². The van der Waals surface area contributed by atoms with Gasteiger partial charge >= 0.3 is 5.95 Å². The van der Waals surface area contributed by atoms with E-state index in [-0.39, 0.29) is 23.2 Å². The highest BCUT2D eigenvalue weighted by atomic mass is 16.6. The van der Waals surface area contributed by atoms with Crippen LogP contribution in [0.25, 0.3) is 22.2 Å². The van der Waals surface area contributed by atoms with E-state index in [9.17, 15) is 15.2 Å². The number of rotatable bonds is 4. The Morgan fingerprint density at radius 2 is 1.78 bits per heavy atom. The molecule has 4 rings (SSSR count). The average Bonchev–Trinajstić information content (AvgIpc) is 3.07. The Balaban J connectivity index is 1.60. The first-order valence-corrected chi connectivity index (χ1v) is 8.08. The van der Waals surface area contributed by atoms with Gasteiger partial charge in [0.2, 0.25) is 5.89 Å². The highest BCUT2D eigenvalue weighted by Crippen LogP contribution is 2.27. The zero-order chi connectivity index (χ0) is 18.8. The Morgan fingerprint density at radius 3 is 2.52 bits per heavy atom. The first kappa shape index (κ1) is 16.5. The molecule has 0 aliphatic heterocycles. The normalized spacial score (nSPS) is 11.3. The van der Waals surface area contributed by atoms with Gasteiger partial charge in [-0.2, -0.15) is 0 Å². The molecule has 0 bridgehead atoms. The van der Waals surface area contributed by atoms with E-state index in [1.807, 2.05) is 42.5 Å². The van der Waals surface area contributed by atoms with Gasteiger partial charge in [-0.05, 0) is 35.0 Å². The Bertz CT molecular complexity index is 1160. The fraction of sp³-hybridized carbons (Fsp3) is 0. The summed E-state index contributed by atoms with van der Waals surface area (Å²) in [5.74, 6) is -0.213. The van der Waals surface area contributed by atoms with Crippen LogP contribution >= 0.6 is 0 Å². The second kappa shape index (κ2) is 6.72. The summed E-state index contributed by atoms with van der Waals surface area (Å²) in [5.41, 5.74) is 1.37. The highest BCUT2D eigenvalue weighted by Gasteiger charge is 2.14. The molecule has 1 heterocycles. The van der Waals surface area contributed by atoms with Crippen LogP contribution < -0.4 is 0 Å². The summed E-state index contributed by atoms with van der Waals surface area (Å²) in [4.78, 5) is 18.8. The van der Waals surface area contributed by atoms with Gasteiger partial charge in [0.15, 0.2) is 5.69 Å². The second-order valence-electron chi connectivity index (χ2n) is 5.80. The molecule has 0 amide bonds. The first-order chi connectivity index (χ1) is 13.1. The minimum Gasteiger partial charge on any atom is -0.479 e. The number of oxazole rings is 1. The van der Waals surface area contributed by atoms with Crippen molar-refractivity contribution < 1.29 is 14.4 Å². The van der Waals surface area contributed by atoms with E-state index >= 15 is 0 Å². The average molecular weight is 359 g/mol. The molecule has 0 atom stereocenters. The van der Waals surface area contributed by atoms with E-state index in [0.29, 0.717) is 11.3 Å². The number of aliphatic imine (C=N–C) groups is 1. The smallest absolute Gasteiger partial charge is 0.312 e. The maximum atomic E-state index is 10.7. The van der Waals surface area contributed by atoms with Crippen LogP contribution in [0, 0.1) is 10.1 Å². The molecule has 3 aromatic carbocycles. The van der Waals surface area contributed by atoms with Gasteiger partial charge in [0.05, 0.1) is 16.8 Å². The van der Waals surface area contributed by atoms with E-state index in [1.165, 1.54) is 30.5 Å². The van der Waals surface area contributed by atoms with Crippen LogP contribution in [-0.2, 0) is 0 Å². The van der Waals surface area contributed by atoms with Gasteiger partial charge in [0, 0.05) is 17.7 Å². The van der Waals surface area contributed by atoms with E-state index < -0.39 is 4.92 Å². The highest BCUT2D eigenvalue weighted by molar-refractivity contribution is 5.88. The number of nitrogens with zero attached hydrogens (tertiary/aromatic N) is 3. The van der Waals surface area contributed by atoms with Crippen molar-refractivity contribution in [3.63, 3.8) is 0 Å². The summed E-state index contributed by atoms with van der Waals surface area (Å²) in [6.07, 6.45) is 1.41. The van der Waals surface area contributed by atoms with Gasteiger partial charge in [0.1, 0.15) is 0 Å². The lowest BCUT2D eigenvalue weighted by Gasteiger charge is -1.98. The summed E-state index contributed by atoms with van der Waals surface area (Å²) in [7, 11) is 0. The van der Waals surface area contributed by atoms with E-state index in [2.05, 4.69) is 9.98 Å². The van der Waals surface area contributed by atoms with Gasteiger partial charge in [0.25, 0.3) is 5.69 Å². The minimum atomic E-state index is -0.488. The number of nitro groups is 1. The van der Waals surface area contributed by atoms with Gasteiger partial charge in [-0.15, -0.1) is 0 Å². The van der Waals surface area contributed by atoms with E-state index in [1.54, 1.807) is 0 Å². The van der Waals surface area contributed by atoms with Crippen molar-refractivity contribution >= 4 is 28.4 Å². The van der Waals surface area contributed by atoms with Crippen molar-refractivity contribution in [1.29, 1.82) is 0 Å². The molecule has 27 heavy (non-hydrogen) atoms. The molecular formula is C20H13N3O4. The standard InChI is InChI=1S/C20H13N3O4/c24-20-18(12-21-16-8-5-13-3-1-2-4-15(13)11-16)22-19(27-20)14-6-9-17(10-7-14)23(25)26/h1-12,24H. The zero-order valence-electron chi connectivity index (χ0n) is 13.9.